The summed E-state index contributed by atoms with van der Waals surface area (Å²) in [6.07, 6.45) is 7.87. The molecule has 4 heterocycles. The number of carbonyl (C=O) groups excluding carboxylic acids is 5. The molecule has 12 nitrogen and oxygen atoms in total. The van der Waals surface area contributed by atoms with Gasteiger partial charge in [0.25, 0.3) is 23.6 Å². The number of hydrogen-bond donors (Lipinski definition) is 4. The fraction of sp³-hybridized carbons (Fsp3) is 0.171. The van der Waals surface area contributed by atoms with E-state index in [1.54, 1.807) is 48.5 Å². The number of allylic oxidation sites excluding steroid dienone is 7. The summed E-state index contributed by atoms with van der Waals surface area (Å²) in [6, 6.07) is 62.3. The molecule has 94 heavy (non-hydrogen) atoms. The molecular formula is C82H76N6O6. The molecule has 0 saturated carbocycles. The third-order valence-corrected chi connectivity index (χ3v) is 17.4. The van der Waals surface area contributed by atoms with Gasteiger partial charge in [0.15, 0.2) is 12.3 Å². The van der Waals surface area contributed by atoms with Crippen LogP contribution in [-0.4, -0.2) is 39.7 Å². The zero-order valence-corrected chi connectivity index (χ0v) is 54.4. The number of anilines is 2. The van der Waals surface area contributed by atoms with Gasteiger partial charge < -0.3 is 31.3 Å². The Hall–Kier alpha value is -11.2. The smallest absolute Gasteiger partial charge is 0.251 e. The van der Waals surface area contributed by atoms with Crippen LogP contribution in [0.2, 0.25) is 0 Å². The fourth-order valence-corrected chi connectivity index (χ4v) is 12.1. The maximum Gasteiger partial charge on any atom is 0.251 e. The quantitative estimate of drug-likeness (QED) is 0.0869. The van der Waals surface area contributed by atoms with Crippen LogP contribution in [-0.2, 0) is 44.1 Å². The lowest BCUT2D eigenvalue weighted by Gasteiger charge is -2.33. The van der Waals surface area contributed by atoms with Gasteiger partial charge in [0.2, 0.25) is 11.4 Å². The monoisotopic (exact) mass is 1240 g/mol. The number of nitrogens with one attached hydrogen (secondary N) is 4. The topological polar surface area (TPSA) is 163 Å². The number of carbonyl (C=O) groups is 5. The standard InChI is InChI=1S/C50H48N2O2.C32H28N4O4/c1-31-9-13-41(35(5)25-31)29-51(45-23-11-33(3)27-37(45)7)43-19-15-39(16-20-43)47-49(53)48(50(47)54)40-17-21-44(22-18-40)52(46-24-12-34(4)28-38(46)8)30-42-14-10-32(2)26-36(42)6;37-29-25-3-1-4-26(15-25)30(38)34-18-22-9-13-24(14-10-22)20-36-32(40)28-6-2-5-27(16-28)31(39)35-19-23-11-7-21(8-12-23)17-33-29/h9-28H,29-30H2,1-8H3;1-16H,17-20H2,(H,33,37)(H,34,38)(H,35,39)(H,36,40). The van der Waals surface area contributed by atoms with E-state index < -0.39 is 0 Å². The van der Waals surface area contributed by atoms with E-state index in [0.29, 0.717) is 72.7 Å². The van der Waals surface area contributed by atoms with Crippen LogP contribution in [0.1, 0.15) is 125 Å². The van der Waals surface area contributed by atoms with E-state index in [-0.39, 0.29) is 46.3 Å². The zero-order chi connectivity index (χ0) is 66.2. The van der Waals surface area contributed by atoms with E-state index in [1.807, 2.05) is 97.1 Å². The van der Waals surface area contributed by atoms with Crippen molar-refractivity contribution in [3.63, 3.8) is 0 Å². The van der Waals surface area contributed by atoms with E-state index in [9.17, 15) is 29.1 Å². The highest BCUT2D eigenvalue weighted by Gasteiger charge is 2.31. The Kier molecular flexibility index (Phi) is 19.5. The first kappa shape index (κ1) is 64.3. The largest absolute Gasteiger partial charge is 0.871 e. The lowest BCUT2D eigenvalue weighted by atomic mass is 9.80. The third kappa shape index (κ3) is 15.1. The first-order valence-corrected chi connectivity index (χ1v) is 31.7. The second-order valence-electron chi connectivity index (χ2n) is 24.6. The summed E-state index contributed by atoms with van der Waals surface area (Å²) in [5.41, 5.74) is 23.5. The molecule has 0 radical (unpaired) electrons. The van der Waals surface area contributed by atoms with Crippen molar-refractivity contribution in [3.8, 4) is 0 Å². The van der Waals surface area contributed by atoms with Crippen LogP contribution in [0.15, 0.2) is 235 Å². The molecular weight excluding hydrogens is 1160 g/mol. The molecule has 0 atom stereocenters. The van der Waals surface area contributed by atoms with Crippen molar-refractivity contribution < 1.29 is 33.7 Å². The molecule has 12 heteroatoms. The molecule has 9 aromatic rings. The van der Waals surface area contributed by atoms with E-state index in [1.165, 1.54) is 55.6 Å². The van der Waals surface area contributed by atoms with Crippen LogP contribution in [0, 0.1) is 55.4 Å². The van der Waals surface area contributed by atoms with Gasteiger partial charge in [0.05, 0.1) is 0 Å². The Labute approximate surface area is 550 Å². The van der Waals surface area contributed by atoms with Gasteiger partial charge in [-0.2, -0.15) is 4.58 Å². The molecule has 15 rings (SSSR count). The second-order valence-corrected chi connectivity index (χ2v) is 24.6. The highest BCUT2D eigenvalue weighted by Crippen LogP contribution is 2.40. The fourth-order valence-electron chi connectivity index (χ4n) is 12.1. The Morgan fingerprint density at radius 2 is 0.798 bits per heavy atom. The summed E-state index contributed by atoms with van der Waals surface area (Å²) in [5, 5.41) is 25.2. The van der Waals surface area contributed by atoms with E-state index in [2.05, 4.69) is 159 Å². The van der Waals surface area contributed by atoms with Crippen LogP contribution in [0.5, 0.6) is 0 Å². The third-order valence-electron chi connectivity index (χ3n) is 17.4. The van der Waals surface area contributed by atoms with Gasteiger partial charge in [-0.1, -0.05) is 155 Å². The maximum atomic E-state index is 13.7. The van der Waals surface area contributed by atoms with Crippen LogP contribution < -0.4 is 31.3 Å². The number of amides is 4. The molecule has 4 N–H and O–H groups in total. The minimum atomic E-state index is -0.280. The summed E-state index contributed by atoms with van der Waals surface area (Å²) in [6.45, 7) is 19.7. The number of nitrogens with zero attached hydrogens (tertiary/aromatic N) is 2. The van der Waals surface area contributed by atoms with Crippen LogP contribution >= 0.6 is 0 Å². The second kappa shape index (κ2) is 28.5. The Bertz CT molecular complexity index is 4380. The molecule has 4 amide bonds. The number of rotatable bonds is 8. The number of ketones is 1. The minimum absolute atomic E-state index is 0.205. The van der Waals surface area contributed by atoms with Crippen molar-refractivity contribution in [2.45, 2.75) is 94.7 Å². The Morgan fingerprint density at radius 1 is 0.394 bits per heavy atom. The lowest BCUT2D eigenvalue weighted by molar-refractivity contribution is -0.457. The van der Waals surface area contributed by atoms with Crippen molar-refractivity contribution in [1.29, 1.82) is 0 Å². The molecule has 0 saturated heterocycles. The van der Waals surface area contributed by atoms with Crippen molar-refractivity contribution in [2.75, 3.05) is 4.90 Å². The highest BCUT2D eigenvalue weighted by atomic mass is 16.3. The van der Waals surface area contributed by atoms with Crippen molar-refractivity contribution in [2.24, 2.45) is 0 Å². The average molecular weight is 1240 g/mol. The number of hydrogen-bond acceptors (Lipinski definition) is 7. The molecule has 0 fully saturated rings. The Balaban J connectivity index is 0.000000201. The zero-order valence-electron chi connectivity index (χ0n) is 54.4. The normalized spacial score (nSPS) is 14.2. The highest BCUT2D eigenvalue weighted by molar-refractivity contribution is 6.39. The van der Waals surface area contributed by atoms with Crippen molar-refractivity contribution >= 4 is 57.8 Å². The summed E-state index contributed by atoms with van der Waals surface area (Å²) in [5.74, 6) is -1.53. The molecule has 8 bridgehead atoms. The predicted octanol–water partition coefficient (Wildman–Crippen LogP) is 14.3. The van der Waals surface area contributed by atoms with Gasteiger partial charge in [0.1, 0.15) is 0 Å². The molecule has 9 aromatic carbocycles. The number of Topliss-reactive ketones (excluding diaryl/α,β-unsaturated/α-hetero) is 1. The first-order chi connectivity index (χ1) is 45.3. The van der Waals surface area contributed by atoms with Crippen molar-refractivity contribution in [1.82, 2.24) is 21.3 Å². The molecule has 2 aliphatic carbocycles. The SMILES string of the molecule is Cc1ccc(CN(c2ccc(C3=C([O-])C(=C4C=CC(=[N+](Cc5ccc(C)cc5C)c5ccc(C)cc5C)C=C4)C3=O)cc2)c2ccc(C)cc2C)c(C)c1.O=C1NCc2ccc(cc2)CNC(=O)c2cccc(c2)C(=O)NCc2ccc(cc2)CNC(=O)c2cccc1c2. The summed E-state index contributed by atoms with van der Waals surface area (Å²) in [7, 11) is 0. The number of benzene rings is 9. The minimum Gasteiger partial charge on any atom is -0.871 e. The van der Waals surface area contributed by atoms with Crippen molar-refractivity contribution in [3.05, 3.63) is 341 Å². The summed E-state index contributed by atoms with van der Waals surface area (Å²) < 4.78 is 2.31. The predicted molar refractivity (Wildman–Crippen MR) is 372 cm³/mol. The van der Waals surface area contributed by atoms with E-state index in [4.69, 9.17) is 0 Å². The lowest BCUT2D eigenvalue weighted by Crippen LogP contribution is -2.30. The first-order valence-electron chi connectivity index (χ1n) is 31.7. The van der Waals surface area contributed by atoms with Gasteiger partial charge in [0, 0.05) is 107 Å². The van der Waals surface area contributed by atoms with Gasteiger partial charge in [-0.05, 0) is 184 Å². The molecule has 6 aliphatic rings. The summed E-state index contributed by atoms with van der Waals surface area (Å²) >= 11 is 0. The van der Waals surface area contributed by atoms with Gasteiger partial charge in [-0.15, -0.1) is 0 Å². The molecule has 0 unspecified atom stereocenters. The van der Waals surface area contributed by atoms with E-state index >= 15 is 0 Å². The molecule has 470 valence electrons. The van der Waals surface area contributed by atoms with Crippen LogP contribution in [0.3, 0.4) is 0 Å². The van der Waals surface area contributed by atoms with Gasteiger partial charge in [-0.25, -0.2) is 0 Å². The molecule has 0 aromatic heterocycles. The number of aryl methyl sites for hydroxylation is 8. The Morgan fingerprint density at radius 3 is 1.21 bits per heavy atom. The average Bonchev–Trinajstić information content (AvgIpc) is 0.747. The maximum absolute atomic E-state index is 13.7. The molecule has 4 aliphatic heterocycles. The molecule has 0 spiro atoms. The van der Waals surface area contributed by atoms with Crippen LogP contribution in [0.25, 0.3) is 5.57 Å². The van der Waals surface area contributed by atoms with Gasteiger partial charge >= 0.3 is 0 Å². The summed E-state index contributed by atoms with van der Waals surface area (Å²) in [4.78, 5) is 67.0. The van der Waals surface area contributed by atoms with Gasteiger partial charge in [-0.3, -0.25) is 24.0 Å². The van der Waals surface area contributed by atoms with E-state index in [0.717, 1.165) is 45.0 Å². The van der Waals surface area contributed by atoms with Crippen LogP contribution in [0.4, 0.5) is 17.1 Å².